The Morgan fingerprint density at radius 1 is 1.45 bits per heavy atom. The molecule has 2 saturated heterocycles. The molecule has 3 atom stereocenters. The monoisotopic (exact) mass is 283 g/mol. The third-order valence-corrected chi connectivity index (χ3v) is 4.21. The lowest BCUT2D eigenvalue weighted by molar-refractivity contribution is 0.0963. The molecule has 5 nitrogen and oxygen atoms in total. The van der Waals surface area contributed by atoms with E-state index in [9.17, 15) is 4.79 Å². The topological polar surface area (TPSA) is 44.8 Å². The Kier molecular flexibility index (Phi) is 5.66. The number of ether oxygens (including phenoxy) is 1. The molecule has 2 aliphatic rings. The Morgan fingerprint density at radius 3 is 2.90 bits per heavy atom. The Morgan fingerprint density at radius 2 is 2.25 bits per heavy atom. The molecular weight excluding hydrogens is 254 g/mol. The number of urea groups is 1. The molecule has 5 heteroatoms. The first-order chi connectivity index (χ1) is 9.54. The van der Waals surface area contributed by atoms with E-state index >= 15 is 0 Å². The Balaban J connectivity index is 1.69. The zero-order valence-corrected chi connectivity index (χ0v) is 13.1. The number of nitrogens with one attached hydrogen (secondary N) is 1. The van der Waals surface area contributed by atoms with Crippen molar-refractivity contribution in [2.45, 2.75) is 44.8 Å². The number of amides is 2. The molecule has 2 heterocycles. The fourth-order valence-corrected chi connectivity index (χ4v) is 3.27. The van der Waals surface area contributed by atoms with E-state index in [1.807, 2.05) is 4.90 Å². The molecule has 0 spiro atoms. The fraction of sp³-hybridized carbons (Fsp3) is 0.933. The van der Waals surface area contributed by atoms with Gasteiger partial charge in [0.25, 0.3) is 0 Å². The van der Waals surface area contributed by atoms with Gasteiger partial charge in [0.05, 0.1) is 6.10 Å². The van der Waals surface area contributed by atoms with E-state index < -0.39 is 0 Å². The maximum absolute atomic E-state index is 12.2. The SMILES string of the molecule is C[C@H](C[C@H]1CCCO1)NC(=O)N1CC[C@@H](CN(C)C)C1. The first-order valence-electron chi connectivity index (χ1n) is 7.86. The van der Waals surface area contributed by atoms with Crippen LogP contribution in [-0.4, -0.2) is 68.3 Å². The third-order valence-electron chi connectivity index (χ3n) is 4.21. The van der Waals surface area contributed by atoms with Gasteiger partial charge in [0.1, 0.15) is 0 Å². The molecule has 116 valence electrons. The summed E-state index contributed by atoms with van der Waals surface area (Å²) in [6, 6.07) is 0.287. The molecule has 0 aliphatic carbocycles. The van der Waals surface area contributed by atoms with E-state index in [0.717, 1.165) is 51.9 Å². The highest BCUT2D eigenvalue weighted by molar-refractivity contribution is 5.74. The van der Waals surface area contributed by atoms with Gasteiger partial charge in [0, 0.05) is 32.3 Å². The summed E-state index contributed by atoms with van der Waals surface area (Å²) in [5.74, 6) is 0.615. The van der Waals surface area contributed by atoms with E-state index in [0.29, 0.717) is 12.0 Å². The van der Waals surface area contributed by atoms with Crippen LogP contribution in [0.3, 0.4) is 0 Å². The molecule has 0 aromatic rings. The van der Waals surface area contributed by atoms with Gasteiger partial charge in [-0.15, -0.1) is 0 Å². The van der Waals surface area contributed by atoms with Crippen molar-refractivity contribution in [2.75, 3.05) is 40.3 Å². The number of carbonyl (C=O) groups excluding carboxylic acids is 1. The van der Waals surface area contributed by atoms with E-state index in [4.69, 9.17) is 4.74 Å². The Hall–Kier alpha value is -0.810. The van der Waals surface area contributed by atoms with Crippen LogP contribution in [0.1, 0.15) is 32.6 Å². The van der Waals surface area contributed by atoms with Crippen LogP contribution in [0, 0.1) is 5.92 Å². The molecule has 2 rings (SSSR count). The van der Waals surface area contributed by atoms with Gasteiger partial charge in [0.2, 0.25) is 0 Å². The molecule has 0 radical (unpaired) electrons. The zero-order chi connectivity index (χ0) is 14.5. The fourth-order valence-electron chi connectivity index (χ4n) is 3.27. The van der Waals surface area contributed by atoms with E-state index in [1.54, 1.807) is 0 Å². The zero-order valence-electron chi connectivity index (χ0n) is 13.1. The Labute approximate surface area is 122 Å². The van der Waals surface area contributed by atoms with Gasteiger partial charge in [-0.1, -0.05) is 0 Å². The standard InChI is InChI=1S/C15H29N3O2/c1-12(9-14-5-4-8-20-14)16-15(19)18-7-6-13(11-18)10-17(2)3/h12-14H,4-11H2,1-3H3,(H,16,19)/t12-,13+,14-/m1/s1. The summed E-state index contributed by atoms with van der Waals surface area (Å²) in [4.78, 5) is 16.4. The molecular formula is C15H29N3O2. The molecule has 20 heavy (non-hydrogen) atoms. The second-order valence-electron chi connectivity index (χ2n) is 6.58. The van der Waals surface area contributed by atoms with Gasteiger partial charge in [-0.25, -0.2) is 4.79 Å². The average Bonchev–Trinajstić information content (AvgIpc) is 2.99. The number of hydrogen-bond donors (Lipinski definition) is 1. The molecule has 2 aliphatic heterocycles. The summed E-state index contributed by atoms with van der Waals surface area (Å²) in [6.07, 6.45) is 4.68. The van der Waals surface area contributed by atoms with Gasteiger partial charge in [-0.2, -0.15) is 0 Å². The highest BCUT2D eigenvalue weighted by Crippen LogP contribution is 2.19. The molecule has 0 saturated carbocycles. The third kappa shape index (κ3) is 4.63. The van der Waals surface area contributed by atoms with Crippen LogP contribution in [-0.2, 0) is 4.74 Å². The summed E-state index contributed by atoms with van der Waals surface area (Å²) >= 11 is 0. The van der Waals surface area contributed by atoms with Crippen molar-refractivity contribution in [3.05, 3.63) is 0 Å². The number of rotatable bonds is 5. The first-order valence-corrected chi connectivity index (χ1v) is 7.86. The summed E-state index contributed by atoms with van der Waals surface area (Å²) in [5, 5.41) is 3.12. The Bertz CT molecular complexity index is 316. The molecule has 2 fully saturated rings. The minimum atomic E-state index is 0.0942. The summed E-state index contributed by atoms with van der Waals surface area (Å²) in [6.45, 7) is 5.79. The molecule has 2 amide bonds. The van der Waals surface area contributed by atoms with Gasteiger partial charge in [0.15, 0.2) is 0 Å². The smallest absolute Gasteiger partial charge is 0.317 e. The summed E-state index contributed by atoms with van der Waals surface area (Å²) in [5.41, 5.74) is 0. The average molecular weight is 283 g/mol. The van der Waals surface area contributed by atoms with Crippen molar-refractivity contribution in [2.24, 2.45) is 5.92 Å². The van der Waals surface area contributed by atoms with E-state index in [2.05, 4.69) is 31.2 Å². The molecule has 0 bridgehead atoms. The summed E-state index contributed by atoms with van der Waals surface area (Å²) in [7, 11) is 4.18. The molecule has 0 aromatic heterocycles. The lowest BCUT2D eigenvalue weighted by Gasteiger charge is -2.23. The van der Waals surface area contributed by atoms with Crippen molar-refractivity contribution < 1.29 is 9.53 Å². The predicted octanol–water partition coefficient (Wildman–Crippen LogP) is 1.54. The first kappa shape index (κ1) is 15.6. The van der Waals surface area contributed by atoms with Crippen LogP contribution in [0.5, 0.6) is 0 Å². The van der Waals surface area contributed by atoms with E-state index in [-0.39, 0.29) is 12.1 Å². The maximum Gasteiger partial charge on any atom is 0.317 e. The van der Waals surface area contributed by atoms with Crippen molar-refractivity contribution >= 4 is 6.03 Å². The number of nitrogens with zero attached hydrogens (tertiary/aromatic N) is 2. The lowest BCUT2D eigenvalue weighted by atomic mass is 10.1. The molecule has 1 N–H and O–H groups in total. The van der Waals surface area contributed by atoms with Crippen molar-refractivity contribution in [1.29, 1.82) is 0 Å². The van der Waals surface area contributed by atoms with Crippen LogP contribution in [0.15, 0.2) is 0 Å². The second kappa shape index (κ2) is 7.27. The van der Waals surface area contributed by atoms with Gasteiger partial charge < -0.3 is 19.9 Å². The van der Waals surface area contributed by atoms with Crippen LogP contribution in [0.4, 0.5) is 4.79 Å². The normalized spacial score (nSPS) is 28.1. The minimum Gasteiger partial charge on any atom is -0.378 e. The van der Waals surface area contributed by atoms with Gasteiger partial charge in [-0.05, 0) is 52.6 Å². The lowest BCUT2D eigenvalue weighted by Crippen LogP contribution is -2.44. The highest BCUT2D eigenvalue weighted by atomic mass is 16.5. The highest BCUT2D eigenvalue weighted by Gasteiger charge is 2.27. The number of likely N-dealkylation sites (tertiary alicyclic amines) is 1. The van der Waals surface area contributed by atoms with Crippen molar-refractivity contribution in [3.8, 4) is 0 Å². The molecule has 0 aromatic carbocycles. The molecule has 0 unspecified atom stereocenters. The quantitative estimate of drug-likeness (QED) is 0.832. The van der Waals surface area contributed by atoms with Crippen LogP contribution < -0.4 is 5.32 Å². The summed E-state index contributed by atoms with van der Waals surface area (Å²) < 4.78 is 5.62. The predicted molar refractivity (Wildman–Crippen MR) is 79.8 cm³/mol. The van der Waals surface area contributed by atoms with E-state index in [1.165, 1.54) is 0 Å². The number of carbonyl (C=O) groups is 1. The van der Waals surface area contributed by atoms with Gasteiger partial charge >= 0.3 is 6.03 Å². The van der Waals surface area contributed by atoms with Crippen LogP contribution >= 0.6 is 0 Å². The largest absolute Gasteiger partial charge is 0.378 e. The number of hydrogen-bond acceptors (Lipinski definition) is 3. The second-order valence-corrected chi connectivity index (χ2v) is 6.58. The van der Waals surface area contributed by atoms with Crippen molar-refractivity contribution in [3.63, 3.8) is 0 Å². The van der Waals surface area contributed by atoms with Crippen LogP contribution in [0.25, 0.3) is 0 Å². The van der Waals surface area contributed by atoms with Crippen LogP contribution in [0.2, 0.25) is 0 Å². The maximum atomic E-state index is 12.2. The van der Waals surface area contributed by atoms with Gasteiger partial charge in [-0.3, -0.25) is 0 Å². The van der Waals surface area contributed by atoms with Crippen molar-refractivity contribution in [1.82, 2.24) is 15.1 Å². The minimum absolute atomic E-state index is 0.0942.